The molecular weight excluding hydrogens is 182 g/mol. The fourth-order valence-electron chi connectivity index (χ4n) is 1.18. The lowest BCUT2D eigenvalue weighted by Crippen LogP contribution is -2.32. The molecule has 0 aromatic carbocycles. The molecule has 5 heteroatoms. The third-order valence-corrected chi connectivity index (χ3v) is 2.24. The monoisotopic (exact) mass is 197 g/mol. The molecule has 0 radical (unpaired) electrons. The number of aliphatic carboxylic acids is 1. The fraction of sp³-hybridized carbons (Fsp3) is 0.667. The van der Waals surface area contributed by atoms with E-state index in [1.54, 1.807) is 18.5 Å². The summed E-state index contributed by atoms with van der Waals surface area (Å²) in [6, 6.07) is 0.117. The molecule has 0 bridgehead atoms. The number of nitrogens with zero attached hydrogens (tertiary/aromatic N) is 3. The van der Waals surface area contributed by atoms with Crippen LogP contribution in [0.5, 0.6) is 0 Å². The summed E-state index contributed by atoms with van der Waals surface area (Å²) in [5.41, 5.74) is -0.326. The van der Waals surface area contributed by atoms with E-state index in [1.165, 1.54) is 6.20 Å². The summed E-state index contributed by atoms with van der Waals surface area (Å²) >= 11 is 0. The first kappa shape index (κ1) is 10.7. The summed E-state index contributed by atoms with van der Waals surface area (Å²) < 4.78 is 1.63. The minimum absolute atomic E-state index is 0.117. The number of carbonyl (C=O) groups is 1. The smallest absolute Gasteiger partial charge is 0.315 e. The van der Waals surface area contributed by atoms with Crippen molar-refractivity contribution in [3.63, 3.8) is 0 Å². The Labute approximate surface area is 82.7 Å². The Morgan fingerprint density at radius 2 is 2.14 bits per heavy atom. The summed E-state index contributed by atoms with van der Waals surface area (Å²) in [5.74, 6) is -0.873. The van der Waals surface area contributed by atoms with E-state index in [9.17, 15) is 4.79 Å². The lowest BCUT2D eigenvalue weighted by molar-refractivity contribution is -0.142. The van der Waals surface area contributed by atoms with Gasteiger partial charge in [-0.3, -0.25) is 4.79 Å². The van der Waals surface area contributed by atoms with Crippen molar-refractivity contribution in [2.45, 2.75) is 39.2 Å². The molecule has 0 spiro atoms. The van der Waals surface area contributed by atoms with Crippen molar-refractivity contribution in [1.82, 2.24) is 15.0 Å². The van der Waals surface area contributed by atoms with Gasteiger partial charge < -0.3 is 5.11 Å². The number of rotatable bonds is 3. The number of aromatic nitrogens is 3. The molecule has 0 fully saturated rings. The predicted molar refractivity (Wildman–Crippen MR) is 51.1 cm³/mol. The number of hydrogen-bond acceptors (Lipinski definition) is 3. The quantitative estimate of drug-likeness (QED) is 0.791. The second-order valence-corrected chi connectivity index (χ2v) is 4.09. The van der Waals surface area contributed by atoms with Crippen LogP contribution in [0, 0.1) is 0 Å². The molecule has 0 saturated heterocycles. The molecule has 0 unspecified atom stereocenters. The predicted octanol–water partition coefficient (Wildman–Crippen LogP) is 1.22. The third kappa shape index (κ3) is 1.62. The van der Waals surface area contributed by atoms with Gasteiger partial charge in [-0.1, -0.05) is 5.21 Å². The first-order valence-corrected chi connectivity index (χ1v) is 4.51. The highest BCUT2D eigenvalue weighted by atomic mass is 16.4. The second-order valence-electron chi connectivity index (χ2n) is 4.09. The fourth-order valence-corrected chi connectivity index (χ4v) is 1.18. The zero-order chi connectivity index (χ0) is 10.9. The van der Waals surface area contributed by atoms with E-state index in [2.05, 4.69) is 10.3 Å². The molecule has 0 aliphatic carbocycles. The van der Waals surface area contributed by atoms with E-state index in [0.717, 1.165) is 0 Å². The Hall–Kier alpha value is -1.39. The first-order chi connectivity index (χ1) is 6.37. The average Bonchev–Trinajstić information content (AvgIpc) is 2.51. The van der Waals surface area contributed by atoms with Gasteiger partial charge in [-0.25, -0.2) is 4.68 Å². The van der Waals surface area contributed by atoms with Crippen LogP contribution in [0.25, 0.3) is 0 Å². The van der Waals surface area contributed by atoms with Gasteiger partial charge >= 0.3 is 5.97 Å². The van der Waals surface area contributed by atoms with E-state index in [0.29, 0.717) is 5.69 Å². The van der Waals surface area contributed by atoms with Gasteiger partial charge in [0.05, 0.1) is 11.9 Å². The molecule has 1 aromatic rings. The maximum atomic E-state index is 11.0. The van der Waals surface area contributed by atoms with Crippen LogP contribution in [0.15, 0.2) is 6.20 Å². The van der Waals surface area contributed by atoms with Crippen molar-refractivity contribution in [2.24, 2.45) is 0 Å². The molecule has 1 N–H and O–H groups in total. The minimum Gasteiger partial charge on any atom is -0.481 e. The molecule has 14 heavy (non-hydrogen) atoms. The highest BCUT2D eigenvalue weighted by Crippen LogP contribution is 2.24. The van der Waals surface area contributed by atoms with Crippen LogP contribution in [0.1, 0.15) is 39.4 Å². The molecule has 0 saturated carbocycles. The third-order valence-electron chi connectivity index (χ3n) is 2.24. The zero-order valence-corrected chi connectivity index (χ0v) is 8.85. The molecule has 0 aliphatic rings. The molecule has 0 aliphatic heterocycles. The van der Waals surface area contributed by atoms with Crippen molar-refractivity contribution in [2.75, 3.05) is 0 Å². The Morgan fingerprint density at radius 1 is 1.57 bits per heavy atom. The molecule has 0 atom stereocenters. The lowest BCUT2D eigenvalue weighted by atomic mass is 9.90. The first-order valence-electron chi connectivity index (χ1n) is 4.51. The molecular formula is C9H15N3O2. The largest absolute Gasteiger partial charge is 0.481 e. The van der Waals surface area contributed by atoms with E-state index < -0.39 is 11.4 Å². The topological polar surface area (TPSA) is 68.0 Å². The summed E-state index contributed by atoms with van der Waals surface area (Å²) in [7, 11) is 0. The number of hydrogen-bond donors (Lipinski definition) is 1. The van der Waals surface area contributed by atoms with Gasteiger partial charge in [0.25, 0.3) is 0 Å². The van der Waals surface area contributed by atoms with Gasteiger partial charge in [-0.05, 0) is 27.7 Å². The highest BCUT2D eigenvalue weighted by molar-refractivity contribution is 5.79. The van der Waals surface area contributed by atoms with Gasteiger partial charge in [0.1, 0.15) is 5.41 Å². The number of carboxylic acid groups (broad SMARTS) is 1. The minimum atomic E-state index is -0.951. The van der Waals surface area contributed by atoms with E-state index in [4.69, 9.17) is 5.11 Å². The van der Waals surface area contributed by atoms with Crippen LogP contribution in [-0.2, 0) is 10.2 Å². The summed E-state index contributed by atoms with van der Waals surface area (Å²) in [6.07, 6.45) is 1.51. The van der Waals surface area contributed by atoms with Gasteiger partial charge in [0.2, 0.25) is 0 Å². The highest BCUT2D eigenvalue weighted by Gasteiger charge is 2.33. The van der Waals surface area contributed by atoms with Crippen LogP contribution >= 0.6 is 0 Å². The van der Waals surface area contributed by atoms with Crippen LogP contribution in [0.2, 0.25) is 0 Å². The van der Waals surface area contributed by atoms with Crippen molar-refractivity contribution in [3.8, 4) is 0 Å². The molecule has 1 aromatic heterocycles. The van der Waals surface area contributed by atoms with E-state index >= 15 is 0 Å². The van der Waals surface area contributed by atoms with E-state index in [-0.39, 0.29) is 6.04 Å². The maximum Gasteiger partial charge on any atom is 0.315 e. The van der Waals surface area contributed by atoms with Crippen LogP contribution in [0.4, 0.5) is 0 Å². The van der Waals surface area contributed by atoms with Crippen LogP contribution in [-0.4, -0.2) is 26.1 Å². The molecule has 5 nitrogen and oxygen atoms in total. The Bertz CT molecular complexity index is 342. The molecule has 1 heterocycles. The van der Waals surface area contributed by atoms with Gasteiger partial charge in [-0.15, -0.1) is 5.10 Å². The van der Waals surface area contributed by atoms with Gasteiger partial charge in [-0.2, -0.15) is 0 Å². The Kier molecular flexibility index (Phi) is 2.59. The maximum absolute atomic E-state index is 11.0. The number of carboxylic acids is 1. The summed E-state index contributed by atoms with van der Waals surface area (Å²) in [5, 5.41) is 16.7. The standard InChI is InChI=1S/C9H15N3O2/c1-6(2)12-7(5-10-11-12)9(3,4)8(13)14/h5-6H,1-4H3,(H,13,14). The molecule has 0 amide bonds. The SMILES string of the molecule is CC(C)n1nncc1C(C)(C)C(=O)O. The lowest BCUT2D eigenvalue weighted by Gasteiger charge is -2.21. The Morgan fingerprint density at radius 3 is 2.57 bits per heavy atom. The van der Waals surface area contributed by atoms with Crippen molar-refractivity contribution in [3.05, 3.63) is 11.9 Å². The van der Waals surface area contributed by atoms with Crippen molar-refractivity contribution >= 4 is 5.97 Å². The average molecular weight is 197 g/mol. The zero-order valence-electron chi connectivity index (χ0n) is 8.85. The summed E-state index contributed by atoms with van der Waals surface area (Å²) in [6.45, 7) is 7.17. The van der Waals surface area contributed by atoms with E-state index in [1.807, 2.05) is 13.8 Å². The van der Waals surface area contributed by atoms with Gasteiger partial charge in [0, 0.05) is 6.04 Å². The van der Waals surface area contributed by atoms with Crippen LogP contribution < -0.4 is 0 Å². The second kappa shape index (κ2) is 3.40. The van der Waals surface area contributed by atoms with Crippen molar-refractivity contribution < 1.29 is 9.90 Å². The summed E-state index contributed by atoms with van der Waals surface area (Å²) in [4.78, 5) is 11.0. The molecule has 1 rings (SSSR count). The molecule has 78 valence electrons. The Balaban J connectivity index is 3.18. The van der Waals surface area contributed by atoms with Crippen molar-refractivity contribution in [1.29, 1.82) is 0 Å². The van der Waals surface area contributed by atoms with Crippen LogP contribution in [0.3, 0.4) is 0 Å². The normalized spacial score (nSPS) is 12.1. The van der Waals surface area contributed by atoms with Gasteiger partial charge in [0.15, 0.2) is 0 Å².